The topological polar surface area (TPSA) is 36.3 Å². The Hall–Kier alpha value is -1.02. The van der Waals surface area contributed by atoms with Gasteiger partial charge in [0.1, 0.15) is 6.10 Å². The van der Waals surface area contributed by atoms with Crippen molar-refractivity contribution in [2.45, 2.75) is 36.5 Å². The largest absolute Gasteiger partial charge is 0.345 e. The highest BCUT2D eigenvalue weighted by molar-refractivity contribution is 9.10. The van der Waals surface area contributed by atoms with Gasteiger partial charge in [0.05, 0.1) is 24.7 Å². The molecule has 3 aromatic rings. The zero-order valence-electron chi connectivity index (χ0n) is 16.2. The van der Waals surface area contributed by atoms with E-state index in [9.17, 15) is 0 Å². The highest BCUT2D eigenvalue weighted by Crippen LogP contribution is 2.38. The Morgan fingerprint density at radius 3 is 2.77 bits per heavy atom. The van der Waals surface area contributed by atoms with Crippen molar-refractivity contribution >= 4 is 52.6 Å². The normalized spacial score (nSPS) is 21.9. The lowest BCUT2D eigenvalue weighted by Gasteiger charge is -2.29. The summed E-state index contributed by atoms with van der Waals surface area (Å²) in [7, 11) is 0. The molecule has 3 unspecified atom stereocenters. The molecule has 1 fully saturated rings. The molecular weight excluding hydrogens is 507 g/mol. The first-order valence-corrected chi connectivity index (χ1v) is 11.2. The van der Waals surface area contributed by atoms with Gasteiger partial charge in [-0.05, 0) is 41.8 Å². The molecule has 3 atom stereocenters. The van der Waals surface area contributed by atoms with Crippen molar-refractivity contribution in [1.29, 1.82) is 0 Å². The minimum absolute atomic E-state index is 0. The molecule has 8 heteroatoms. The van der Waals surface area contributed by atoms with Gasteiger partial charge in [0.2, 0.25) is 0 Å². The van der Waals surface area contributed by atoms with Crippen molar-refractivity contribution in [3.8, 4) is 0 Å². The fourth-order valence-corrected chi connectivity index (χ4v) is 4.43. The predicted molar refractivity (Wildman–Crippen MR) is 129 cm³/mol. The average Bonchev–Trinajstić information content (AvgIpc) is 3.38. The Morgan fingerprint density at radius 1 is 1.27 bits per heavy atom. The molecule has 4 nitrogen and oxygen atoms in total. The van der Waals surface area contributed by atoms with Gasteiger partial charge in [-0.2, -0.15) is 12.6 Å². The quantitative estimate of drug-likeness (QED) is 0.373. The van der Waals surface area contributed by atoms with Gasteiger partial charge in [0, 0.05) is 28.3 Å². The van der Waals surface area contributed by atoms with Gasteiger partial charge in [-0.25, -0.2) is 4.98 Å². The van der Waals surface area contributed by atoms with Crippen LogP contribution in [0.4, 0.5) is 0 Å². The second kappa shape index (κ2) is 10.5. The molecule has 1 aromatic heterocycles. The summed E-state index contributed by atoms with van der Waals surface area (Å²) in [6.07, 6.45) is 6.89. The van der Waals surface area contributed by atoms with E-state index in [0.717, 1.165) is 27.9 Å². The summed E-state index contributed by atoms with van der Waals surface area (Å²) in [4.78, 5) is 4.15. The lowest BCUT2D eigenvalue weighted by molar-refractivity contribution is -0.182. The Labute approximate surface area is 201 Å². The van der Waals surface area contributed by atoms with Gasteiger partial charge in [0.15, 0.2) is 5.79 Å². The summed E-state index contributed by atoms with van der Waals surface area (Å²) in [6, 6.07) is 16.1. The highest BCUT2D eigenvalue weighted by atomic mass is 79.9. The van der Waals surface area contributed by atoms with Gasteiger partial charge in [-0.15, -0.1) is 12.4 Å². The third-order valence-electron chi connectivity index (χ3n) is 5.11. The second-order valence-corrected chi connectivity index (χ2v) is 9.15. The van der Waals surface area contributed by atoms with Crippen molar-refractivity contribution in [2.75, 3.05) is 6.61 Å². The number of hydrogen-bond acceptors (Lipinski definition) is 4. The number of ether oxygens (including phenoxy) is 2. The van der Waals surface area contributed by atoms with Crippen LogP contribution < -0.4 is 0 Å². The van der Waals surface area contributed by atoms with E-state index in [1.807, 2.05) is 47.2 Å². The van der Waals surface area contributed by atoms with Crippen LogP contribution in [0.3, 0.4) is 0 Å². The first-order chi connectivity index (χ1) is 14.0. The number of rotatable bonds is 7. The van der Waals surface area contributed by atoms with Gasteiger partial charge >= 0.3 is 0 Å². The minimum atomic E-state index is -0.724. The summed E-state index contributed by atoms with van der Waals surface area (Å²) in [5.74, 6) is -0.724. The third kappa shape index (κ3) is 5.81. The van der Waals surface area contributed by atoms with E-state index in [2.05, 4.69) is 33.0 Å². The van der Waals surface area contributed by atoms with Crippen molar-refractivity contribution in [1.82, 2.24) is 9.55 Å². The van der Waals surface area contributed by atoms with Crippen LogP contribution in [0.2, 0.25) is 5.02 Å². The zero-order chi connectivity index (χ0) is 20.3. The lowest BCUT2D eigenvalue weighted by Crippen LogP contribution is -2.37. The molecule has 4 rings (SSSR count). The van der Waals surface area contributed by atoms with Crippen LogP contribution in [-0.4, -0.2) is 28.0 Å². The molecule has 0 spiro atoms. The predicted octanol–water partition coefficient (Wildman–Crippen LogP) is 6.14. The maximum absolute atomic E-state index is 6.54. The van der Waals surface area contributed by atoms with Crippen LogP contribution >= 0.6 is 52.6 Å². The standard InChI is InChI=1S/C22H22BrClN2O2S.ClH/c23-18-3-1-2-17(12-18)21(29)20-13-27-22(28-20,14-26-11-10-25-15-26)9-8-16-4-6-19(24)7-5-16;/h1-7,10-12,15,20-21,29H,8-9,13-14H2;1H. The van der Waals surface area contributed by atoms with E-state index in [0.29, 0.717) is 13.2 Å². The van der Waals surface area contributed by atoms with E-state index in [1.165, 1.54) is 5.56 Å². The van der Waals surface area contributed by atoms with Gasteiger partial charge < -0.3 is 14.0 Å². The van der Waals surface area contributed by atoms with Gasteiger partial charge in [0.25, 0.3) is 0 Å². The summed E-state index contributed by atoms with van der Waals surface area (Å²) in [5, 5.41) is 0.662. The van der Waals surface area contributed by atoms with Crippen molar-refractivity contribution in [3.63, 3.8) is 0 Å². The molecule has 2 aromatic carbocycles. The van der Waals surface area contributed by atoms with Gasteiger partial charge in [-0.1, -0.05) is 51.8 Å². The molecule has 0 amide bonds. The van der Waals surface area contributed by atoms with E-state index in [-0.39, 0.29) is 23.8 Å². The van der Waals surface area contributed by atoms with E-state index >= 15 is 0 Å². The molecule has 1 aliphatic rings. The number of hydrogen-bond donors (Lipinski definition) is 1. The molecule has 0 N–H and O–H groups in total. The van der Waals surface area contributed by atoms with Crippen molar-refractivity contribution < 1.29 is 9.47 Å². The zero-order valence-corrected chi connectivity index (χ0v) is 20.2. The summed E-state index contributed by atoms with van der Waals surface area (Å²) >= 11 is 14.4. The monoisotopic (exact) mass is 528 g/mol. The maximum Gasteiger partial charge on any atom is 0.187 e. The van der Waals surface area contributed by atoms with Crippen LogP contribution in [0, 0.1) is 0 Å². The number of imidazole rings is 1. The van der Waals surface area contributed by atoms with Crippen LogP contribution in [0.1, 0.15) is 22.8 Å². The summed E-state index contributed by atoms with van der Waals surface area (Å²) < 4.78 is 15.8. The van der Waals surface area contributed by atoms with Crippen LogP contribution in [0.25, 0.3) is 0 Å². The summed E-state index contributed by atoms with van der Waals surface area (Å²) in [5.41, 5.74) is 2.30. The minimum Gasteiger partial charge on any atom is -0.345 e. The van der Waals surface area contributed by atoms with E-state index in [4.69, 9.17) is 33.7 Å². The molecule has 1 aliphatic heterocycles. The van der Waals surface area contributed by atoms with Crippen molar-refractivity contribution in [3.05, 3.63) is 87.9 Å². The summed E-state index contributed by atoms with van der Waals surface area (Å²) in [6.45, 7) is 1.08. The SMILES string of the molecule is Cl.SC(c1cccc(Br)c1)C1COC(CCc2ccc(Cl)cc2)(Cn2ccnc2)O1. The molecule has 0 bridgehead atoms. The fraction of sp³-hybridized carbons (Fsp3) is 0.318. The van der Waals surface area contributed by atoms with E-state index in [1.54, 1.807) is 12.5 Å². The number of aromatic nitrogens is 2. The molecule has 0 radical (unpaired) electrons. The molecule has 2 heterocycles. The van der Waals surface area contributed by atoms with E-state index < -0.39 is 5.79 Å². The third-order valence-corrected chi connectivity index (χ3v) is 6.49. The van der Waals surface area contributed by atoms with Gasteiger partial charge in [-0.3, -0.25) is 0 Å². The fourth-order valence-electron chi connectivity index (χ4n) is 3.58. The Morgan fingerprint density at radius 2 is 2.07 bits per heavy atom. The number of aryl methyl sites for hydroxylation is 1. The molecule has 160 valence electrons. The average molecular weight is 530 g/mol. The smallest absolute Gasteiger partial charge is 0.187 e. The maximum atomic E-state index is 6.54. The second-order valence-electron chi connectivity index (χ2n) is 7.24. The molecule has 0 saturated carbocycles. The Balaban J connectivity index is 0.00000256. The number of thiol groups is 1. The van der Waals surface area contributed by atoms with Crippen LogP contribution in [0.15, 0.2) is 71.7 Å². The highest BCUT2D eigenvalue weighted by Gasteiger charge is 2.44. The molecule has 1 saturated heterocycles. The Bertz CT molecular complexity index is 943. The first kappa shape index (κ1) is 23.6. The number of nitrogens with zero attached hydrogens (tertiary/aromatic N) is 2. The molecular formula is C22H23BrCl2N2O2S. The molecule has 0 aliphatic carbocycles. The van der Waals surface area contributed by atoms with Crippen molar-refractivity contribution in [2.24, 2.45) is 0 Å². The number of halogens is 3. The van der Waals surface area contributed by atoms with Crippen LogP contribution in [-0.2, 0) is 22.4 Å². The Kier molecular flexibility index (Phi) is 8.30. The lowest BCUT2D eigenvalue weighted by atomic mass is 10.0. The first-order valence-electron chi connectivity index (χ1n) is 9.48. The van der Waals surface area contributed by atoms with Crippen LogP contribution in [0.5, 0.6) is 0 Å². The molecule has 30 heavy (non-hydrogen) atoms. The number of benzene rings is 2.